The van der Waals surface area contributed by atoms with E-state index in [-0.39, 0.29) is 19.3 Å². The second-order valence-corrected chi connectivity index (χ2v) is 14.7. The molecule has 11 nitrogen and oxygen atoms in total. The lowest BCUT2D eigenvalue weighted by Gasteiger charge is -2.45. The van der Waals surface area contributed by atoms with Crippen LogP contribution in [0.25, 0.3) is 0 Å². The zero-order chi connectivity index (χ0) is 36.4. The van der Waals surface area contributed by atoms with Crippen molar-refractivity contribution in [3.63, 3.8) is 0 Å². The van der Waals surface area contributed by atoms with Gasteiger partial charge >= 0.3 is 12.1 Å². The van der Waals surface area contributed by atoms with Crippen molar-refractivity contribution in [3.05, 3.63) is 71.3 Å². The summed E-state index contributed by atoms with van der Waals surface area (Å²) in [6.07, 6.45) is -0.618. The number of esters is 1. The first kappa shape index (κ1) is 39.8. The van der Waals surface area contributed by atoms with Gasteiger partial charge in [-0.2, -0.15) is 0 Å². The number of amides is 4. The highest BCUT2D eigenvalue weighted by molar-refractivity contribution is 5.94. The van der Waals surface area contributed by atoms with E-state index in [2.05, 4.69) is 10.6 Å². The first-order valence-electron chi connectivity index (χ1n) is 16.4. The number of nitrogens with two attached hydrogens (primary N) is 1. The molecule has 2 rings (SSSR count). The summed E-state index contributed by atoms with van der Waals surface area (Å²) in [5.74, 6) is -2.52. The highest BCUT2D eigenvalue weighted by Crippen LogP contribution is 2.33. The van der Waals surface area contributed by atoms with Gasteiger partial charge in [0, 0.05) is 18.4 Å². The fraction of sp³-hybridized carbons (Fsp3) is 0.541. The molecule has 2 aromatic rings. The molecule has 0 bridgehead atoms. The summed E-state index contributed by atoms with van der Waals surface area (Å²) in [6.45, 7) is 17.7. The molecule has 3 atom stereocenters. The number of hydrogen-bond donors (Lipinski definition) is 3. The van der Waals surface area contributed by atoms with Crippen molar-refractivity contribution in [1.29, 1.82) is 0 Å². The van der Waals surface area contributed by atoms with Gasteiger partial charge in [-0.15, -0.1) is 0 Å². The third kappa shape index (κ3) is 12.7. The van der Waals surface area contributed by atoms with Gasteiger partial charge in [-0.3, -0.25) is 14.4 Å². The molecule has 0 spiro atoms. The number of carbonyl (C=O) groups is 5. The number of primary amides is 1. The quantitative estimate of drug-likeness (QED) is 0.232. The third-order valence-corrected chi connectivity index (χ3v) is 7.58. The summed E-state index contributed by atoms with van der Waals surface area (Å²) in [5.41, 5.74) is 4.96. The fourth-order valence-corrected chi connectivity index (χ4v) is 5.03. The monoisotopic (exact) mass is 666 g/mol. The Labute approximate surface area is 285 Å². The van der Waals surface area contributed by atoms with E-state index < -0.39 is 64.7 Å². The molecule has 0 radical (unpaired) electrons. The lowest BCUT2D eigenvalue weighted by Crippen LogP contribution is -2.60. The number of benzene rings is 2. The van der Waals surface area contributed by atoms with Gasteiger partial charge in [0.05, 0.1) is 0 Å². The van der Waals surface area contributed by atoms with Gasteiger partial charge in [0.2, 0.25) is 17.7 Å². The predicted molar refractivity (Wildman–Crippen MR) is 185 cm³/mol. The lowest BCUT2D eigenvalue weighted by atomic mass is 9.90. The molecule has 48 heavy (non-hydrogen) atoms. The molecule has 0 aromatic heterocycles. The molecular formula is C37H54N4O7. The normalized spacial score (nSPS) is 13.8. The summed E-state index contributed by atoms with van der Waals surface area (Å²) in [6, 6.07) is 12.8. The van der Waals surface area contributed by atoms with Crippen LogP contribution in [0.4, 0.5) is 4.79 Å². The molecule has 0 heterocycles. The smallest absolute Gasteiger partial charge is 0.408 e. The number of carbonyl (C=O) groups excluding carboxylic acids is 5. The van der Waals surface area contributed by atoms with E-state index in [0.29, 0.717) is 12.0 Å². The largest absolute Gasteiger partial charge is 0.458 e. The number of nitrogens with one attached hydrogen (secondary N) is 2. The molecule has 4 amide bonds. The van der Waals surface area contributed by atoms with Crippen molar-refractivity contribution in [2.45, 2.75) is 130 Å². The standard InChI is InChI=1S/C37H54N4O7/c1-11-37(9,10)41(32(44)27(20-21-29(38)42)40-34(46)48-36(6,7)8)30(26-19-15-16-24(2)22-26)31(43)39-28(33(45)47-35(3,4)5)23-25-17-13-12-14-18-25/h12-19,22,27-28,30H,11,20-21,23H2,1-10H3,(H2,38,42)(H,39,43)(H,40,46). The molecule has 0 aliphatic carbocycles. The lowest BCUT2D eigenvalue weighted by molar-refractivity contribution is -0.159. The summed E-state index contributed by atoms with van der Waals surface area (Å²) in [4.78, 5) is 69.1. The SMILES string of the molecule is CCC(C)(C)N(C(=O)C(CCC(N)=O)NC(=O)OC(C)(C)C)C(C(=O)NC(Cc1ccccc1)C(=O)OC(C)(C)C)c1cccc(C)c1. The van der Waals surface area contributed by atoms with Gasteiger partial charge < -0.3 is 30.7 Å². The van der Waals surface area contributed by atoms with E-state index in [1.54, 1.807) is 59.7 Å². The van der Waals surface area contributed by atoms with Crippen LogP contribution in [-0.4, -0.2) is 63.5 Å². The van der Waals surface area contributed by atoms with E-state index in [4.69, 9.17) is 15.2 Å². The minimum atomic E-state index is -1.26. The molecule has 0 saturated carbocycles. The minimum absolute atomic E-state index is 0.125. The van der Waals surface area contributed by atoms with E-state index in [0.717, 1.165) is 11.1 Å². The van der Waals surface area contributed by atoms with Crippen LogP contribution in [0.2, 0.25) is 0 Å². The molecule has 4 N–H and O–H groups in total. The average molecular weight is 667 g/mol. The molecular weight excluding hydrogens is 612 g/mol. The second kappa shape index (κ2) is 16.6. The fourth-order valence-electron chi connectivity index (χ4n) is 5.03. The Morgan fingerprint density at radius 2 is 1.42 bits per heavy atom. The maximum absolute atomic E-state index is 14.7. The van der Waals surface area contributed by atoms with Crippen molar-refractivity contribution in [3.8, 4) is 0 Å². The maximum Gasteiger partial charge on any atom is 0.408 e. The number of alkyl carbamates (subject to hydrolysis) is 1. The Morgan fingerprint density at radius 1 is 0.812 bits per heavy atom. The minimum Gasteiger partial charge on any atom is -0.458 e. The van der Waals surface area contributed by atoms with Crippen LogP contribution in [0.15, 0.2) is 54.6 Å². The van der Waals surface area contributed by atoms with Gasteiger partial charge in [0.25, 0.3) is 0 Å². The van der Waals surface area contributed by atoms with Crippen LogP contribution in [0.1, 0.15) is 104 Å². The van der Waals surface area contributed by atoms with Gasteiger partial charge in [0.15, 0.2) is 0 Å². The van der Waals surface area contributed by atoms with Crippen molar-refractivity contribution in [2.75, 3.05) is 0 Å². The van der Waals surface area contributed by atoms with Crippen molar-refractivity contribution in [1.82, 2.24) is 15.5 Å². The third-order valence-electron chi connectivity index (χ3n) is 7.58. The first-order chi connectivity index (χ1) is 22.1. The van der Waals surface area contributed by atoms with Gasteiger partial charge in [-0.1, -0.05) is 67.1 Å². The highest BCUT2D eigenvalue weighted by Gasteiger charge is 2.44. The Kier molecular flexibility index (Phi) is 13.8. The van der Waals surface area contributed by atoms with Gasteiger partial charge in [-0.05, 0) is 86.3 Å². The Balaban J connectivity index is 2.71. The molecule has 0 fully saturated rings. The topological polar surface area (TPSA) is 157 Å². The second-order valence-electron chi connectivity index (χ2n) is 14.7. The van der Waals surface area contributed by atoms with Gasteiger partial charge in [-0.25, -0.2) is 9.59 Å². The first-order valence-corrected chi connectivity index (χ1v) is 16.4. The summed E-state index contributed by atoms with van der Waals surface area (Å²) in [5, 5.41) is 5.52. The van der Waals surface area contributed by atoms with E-state index in [9.17, 15) is 24.0 Å². The molecule has 2 aromatic carbocycles. The van der Waals surface area contributed by atoms with Crippen LogP contribution in [-0.2, 0) is 35.1 Å². The zero-order valence-corrected chi connectivity index (χ0v) is 30.1. The number of ether oxygens (including phenoxy) is 2. The molecule has 3 unspecified atom stereocenters. The van der Waals surface area contributed by atoms with Crippen LogP contribution in [0.5, 0.6) is 0 Å². The molecule has 0 aliphatic rings. The average Bonchev–Trinajstić information content (AvgIpc) is 2.95. The van der Waals surface area contributed by atoms with E-state index >= 15 is 0 Å². The maximum atomic E-state index is 14.7. The number of nitrogens with zero attached hydrogens (tertiary/aromatic N) is 1. The van der Waals surface area contributed by atoms with Crippen molar-refractivity contribution in [2.24, 2.45) is 5.73 Å². The van der Waals surface area contributed by atoms with Crippen LogP contribution in [0, 0.1) is 6.92 Å². The number of rotatable bonds is 14. The number of aryl methyl sites for hydroxylation is 1. The van der Waals surface area contributed by atoms with Crippen LogP contribution >= 0.6 is 0 Å². The highest BCUT2D eigenvalue weighted by atomic mass is 16.6. The Bertz CT molecular complexity index is 1430. The molecule has 11 heteroatoms. The predicted octanol–water partition coefficient (Wildman–Crippen LogP) is 5.28. The Morgan fingerprint density at radius 3 is 1.94 bits per heavy atom. The van der Waals surface area contributed by atoms with Crippen LogP contribution < -0.4 is 16.4 Å². The van der Waals surface area contributed by atoms with Gasteiger partial charge in [0.1, 0.15) is 29.3 Å². The van der Waals surface area contributed by atoms with E-state index in [1.807, 2.05) is 64.1 Å². The Hall–Kier alpha value is -4.41. The summed E-state index contributed by atoms with van der Waals surface area (Å²) < 4.78 is 11.1. The molecule has 264 valence electrons. The van der Waals surface area contributed by atoms with E-state index in [1.165, 1.54) is 4.90 Å². The van der Waals surface area contributed by atoms with Crippen molar-refractivity contribution < 1.29 is 33.4 Å². The van der Waals surface area contributed by atoms with Crippen molar-refractivity contribution >= 4 is 29.8 Å². The van der Waals surface area contributed by atoms with Crippen LogP contribution in [0.3, 0.4) is 0 Å². The molecule has 0 aliphatic heterocycles. The molecule has 0 saturated heterocycles. The zero-order valence-electron chi connectivity index (χ0n) is 30.1. The summed E-state index contributed by atoms with van der Waals surface area (Å²) in [7, 11) is 0. The summed E-state index contributed by atoms with van der Waals surface area (Å²) >= 11 is 0. The number of hydrogen-bond acceptors (Lipinski definition) is 7.